The monoisotopic (exact) mass is 420 g/mol. The van der Waals surface area contributed by atoms with Crippen molar-refractivity contribution in [3.8, 4) is 5.69 Å². The number of nitrogens with one attached hydrogen (secondary N) is 1. The number of thioether (sulfide) groups is 1. The summed E-state index contributed by atoms with van der Waals surface area (Å²) in [5.74, 6) is -0.174. The zero-order chi connectivity index (χ0) is 20.1. The van der Waals surface area contributed by atoms with E-state index in [2.05, 4.69) is 20.8 Å². The molecule has 0 spiro atoms. The second kappa shape index (κ2) is 8.78. The van der Waals surface area contributed by atoms with Crippen molar-refractivity contribution < 1.29 is 14.8 Å². The molecule has 0 aliphatic heterocycles. The maximum atomic E-state index is 12.7. The first-order valence-electron chi connectivity index (χ1n) is 7.85. The summed E-state index contributed by atoms with van der Waals surface area (Å²) >= 11 is 7.37. The van der Waals surface area contributed by atoms with Crippen LogP contribution in [0.3, 0.4) is 0 Å². The highest BCUT2D eigenvalue weighted by atomic mass is 35.5. The third-order valence-corrected chi connectivity index (χ3v) is 4.81. The zero-order valence-electron chi connectivity index (χ0n) is 14.1. The number of amides is 1. The van der Waals surface area contributed by atoms with Crippen LogP contribution in [0.15, 0.2) is 47.6 Å². The molecule has 0 unspecified atom stereocenters. The Bertz CT molecular complexity index is 1010. The van der Waals surface area contributed by atoms with Gasteiger partial charge in [0.05, 0.1) is 27.8 Å². The average molecular weight is 421 g/mol. The molecule has 1 amide bonds. The fourth-order valence-corrected chi connectivity index (χ4v) is 3.26. The molecule has 2 N–H and O–H groups in total. The predicted molar refractivity (Wildman–Crippen MR) is 103 cm³/mol. The fourth-order valence-electron chi connectivity index (χ4n) is 2.32. The van der Waals surface area contributed by atoms with Crippen molar-refractivity contribution in [1.82, 2.24) is 20.2 Å². The Labute approximate surface area is 167 Å². The predicted octanol–water partition coefficient (Wildman–Crippen LogP) is 2.56. The maximum absolute atomic E-state index is 12.7. The molecule has 144 valence electrons. The lowest BCUT2D eigenvalue weighted by atomic mass is 10.1. The highest BCUT2D eigenvalue weighted by molar-refractivity contribution is 7.99. The minimum atomic E-state index is -0.552. The summed E-state index contributed by atoms with van der Waals surface area (Å²) in [5, 5.41) is 33.8. The molecular weight excluding hydrogens is 408 g/mol. The van der Waals surface area contributed by atoms with Crippen molar-refractivity contribution in [2.24, 2.45) is 0 Å². The van der Waals surface area contributed by atoms with Crippen molar-refractivity contribution in [1.29, 1.82) is 0 Å². The van der Waals surface area contributed by atoms with Crippen molar-refractivity contribution in [2.75, 3.05) is 17.7 Å². The minimum absolute atomic E-state index is 0.0748. The van der Waals surface area contributed by atoms with Crippen LogP contribution in [0.2, 0.25) is 5.02 Å². The molecule has 2 aromatic carbocycles. The van der Waals surface area contributed by atoms with E-state index in [4.69, 9.17) is 16.7 Å². The summed E-state index contributed by atoms with van der Waals surface area (Å²) in [5.41, 5.74) is 0.749. The van der Waals surface area contributed by atoms with Crippen LogP contribution in [0.5, 0.6) is 0 Å². The number of aromatic nitrogens is 4. The zero-order valence-corrected chi connectivity index (χ0v) is 15.7. The number of halogens is 1. The summed E-state index contributed by atoms with van der Waals surface area (Å²) in [4.78, 5) is 23.8. The Morgan fingerprint density at radius 3 is 2.82 bits per heavy atom. The largest absolute Gasteiger partial charge is 0.396 e. The number of carbonyl (C=O) groups is 1. The number of non-ortho nitro benzene ring substituents is 1. The standard InChI is InChI=1S/C16H13ClN6O4S/c17-15-2-1-11(22-9-18-20-21-22)8-14(15)16(25)19-10-5-12(23(26)27)7-13(6-10)28-4-3-24/h1-2,5-9,24H,3-4H2,(H,19,25). The quantitative estimate of drug-likeness (QED) is 0.338. The van der Waals surface area contributed by atoms with Gasteiger partial charge in [-0.1, -0.05) is 11.6 Å². The number of aliphatic hydroxyl groups excluding tert-OH is 1. The van der Waals surface area contributed by atoms with Crippen LogP contribution < -0.4 is 5.32 Å². The number of carbonyl (C=O) groups excluding carboxylic acids is 1. The van der Waals surface area contributed by atoms with Crippen LogP contribution in [-0.4, -0.2) is 48.5 Å². The van der Waals surface area contributed by atoms with Crippen LogP contribution in [0.25, 0.3) is 5.69 Å². The molecule has 12 heteroatoms. The molecule has 1 heterocycles. The number of benzene rings is 2. The van der Waals surface area contributed by atoms with Gasteiger partial charge in [-0.05, 0) is 34.7 Å². The van der Waals surface area contributed by atoms with E-state index in [1.54, 1.807) is 12.1 Å². The maximum Gasteiger partial charge on any atom is 0.272 e. The minimum Gasteiger partial charge on any atom is -0.396 e. The molecule has 28 heavy (non-hydrogen) atoms. The molecule has 3 rings (SSSR count). The molecular formula is C16H13ClN6O4S. The van der Waals surface area contributed by atoms with Crippen LogP contribution in [0.1, 0.15) is 10.4 Å². The number of tetrazole rings is 1. The molecule has 0 saturated carbocycles. The van der Waals surface area contributed by atoms with Gasteiger partial charge in [-0.2, -0.15) is 0 Å². The summed E-state index contributed by atoms with van der Waals surface area (Å²) in [6.45, 7) is -0.0748. The topological polar surface area (TPSA) is 136 Å². The Kier molecular flexibility index (Phi) is 6.19. The van der Waals surface area contributed by atoms with E-state index in [1.165, 1.54) is 47.0 Å². The molecule has 0 saturated heterocycles. The van der Waals surface area contributed by atoms with E-state index in [1.807, 2.05) is 0 Å². The van der Waals surface area contributed by atoms with Crippen molar-refractivity contribution in [3.63, 3.8) is 0 Å². The Balaban J connectivity index is 1.89. The fraction of sp³-hybridized carbons (Fsp3) is 0.125. The van der Waals surface area contributed by atoms with Gasteiger partial charge in [0.15, 0.2) is 0 Å². The first-order chi connectivity index (χ1) is 13.5. The van der Waals surface area contributed by atoms with Crippen molar-refractivity contribution in [2.45, 2.75) is 4.90 Å². The molecule has 0 aliphatic carbocycles. The molecule has 3 aromatic rings. The molecule has 1 aromatic heterocycles. The number of hydrogen-bond donors (Lipinski definition) is 2. The highest BCUT2D eigenvalue weighted by Crippen LogP contribution is 2.29. The number of anilines is 1. The van der Waals surface area contributed by atoms with E-state index in [9.17, 15) is 14.9 Å². The molecule has 0 radical (unpaired) electrons. The van der Waals surface area contributed by atoms with Gasteiger partial charge in [0.2, 0.25) is 0 Å². The number of rotatable bonds is 7. The summed E-state index contributed by atoms with van der Waals surface area (Å²) in [6.07, 6.45) is 1.37. The number of aliphatic hydroxyl groups is 1. The Hall–Kier alpha value is -3.02. The lowest BCUT2D eigenvalue weighted by molar-refractivity contribution is -0.385. The van der Waals surface area contributed by atoms with E-state index >= 15 is 0 Å². The second-order valence-electron chi connectivity index (χ2n) is 5.42. The smallest absolute Gasteiger partial charge is 0.272 e. The first kappa shape index (κ1) is 19.7. The van der Waals surface area contributed by atoms with Gasteiger partial charge in [-0.25, -0.2) is 4.68 Å². The van der Waals surface area contributed by atoms with Gasteiger partial charge in [-0.3, -0.25) is 14.9 Å². The first-order valence-corrected chi connectivity index (χ1v) is 9.21. The normalized spacial score (nSPS) is 10.6. The van der Waals surface area contributed by atoms with Crippen molar-refractivity contribution >= 4 is 40.6 Å². The Morgan fingerprint density at radius 2 is 2.14 bits per heavy atom. The third kappa shape index (κ3) is 4.63. The SMILES string of the molecule is O=C(Nc1cc(SCCO)cc([N+](=O)[O-])c1)c1cc(-n2cnnn2)ccc1Cl. The summed E-state index contributed by atoms with van der Waals surface area (Å²) in [7, 11) is 0. The summed E-state index contributed by atoms with van der Waals surface area (Å²) < 4.78 is 1.37. The third-order valence-electron chi connectivity index (χ3n) is 3.53. The number of nitro groups is 1. The van der Waals surface area contributed by atoms with Gasteiger partial charge in [0, 0.05) is 28.5 Å². The van der Waals surface area contributed by atoms with Crippen LogP contribution in [0, 0.1) is 10.1 Å². The number of hydrogen-bond acceptors (Lipinski definition) is 8. The van der Waals surface area contributed by atoms with Gasteiger partial charge in [0.25, 0.3) is 11.6 Å². The van der Waals surface area contributed by atoms with Crippen LogP contribution in [-0.2, 0) is 0 Å². The molecule has 0 atom stereocenters. The average Bonchev–Trinajstić information content (AvgIpc) is 3.21. The van der Waals surface area contributed by atoms with E-state index in [0.29, 0.717) is 16.3 Å². The number of nitrogens with zero attached hydrogens (tertiary/aromatic N) is 5. The Morgan fingerprint density at radius 1 is 1.32 bits per heavy atom. The van der Waals surface area contributed by atoms with Crippen LogP contribution >= 0.6 is 23.4 Å². The van der Waals surface area contributed by atoms with E-state index < -0.39 is 10.8 Å². The lowest BCUT2D eigenvalue weighted by Gasteiger charge is -2.10. The van der Waals surface area contributed by atoms with Gasteiger partial charge >= 0.3 is 0 Å². The molecule has 0 aliphatic rings. The van der Waals surface area contributed by atoms with Crippen LogP contribution in [0.4, 0.5) is 11.4 Å². The number of nitro benzene ring substituents is 1. The second-order valence-corrected chi connectivity index (χ2v) is 6.99. The van der Waals surface area contributed by atoms with E-state index in [-0.39, 0.29) is 28.6 Å². The van der Waals surface area contributed by atoms with E-state index in [0.717, 1.165) is 0 Å². The lowest BCUT2D eigenvalue weighted by Crippen LogP contribution is -2.13. The highest BCUT2D eigenvalue weighted by Gasteiger charge is 2.16. The van der Waals surface area contributed by atoms with Gasteiger partial charge < -0.3 is 10.4 Å². The van der Waals surface area contributed by atoms with Gasteiger partial charge in [0.1, 0.15) is 6.33 Å². The molecule has 10 nitrogen and oxygen atoms in total. The molecule has 0 fully saturated rings. The molecule has 0 bridgehead atoms. The summed E-state index contributed by atoms with van der Waals surface area (Å²) in [6, 6.07) is 8.90. The van der Waals surface area contributed by atoms with Crippen molar-refractivity contribution in [3.05, 3.63) is 63.4 Å². The van der Waals surface area contributed by atoms with Gasteiger partial charge in [-0.15, -0.1) is 16.9 Å².